The Labute approximate surface area is 150 Å². The van der Waals surface area contributed by atoms with Gasteiger partial charge in [-0.05, 0) is 36.1 Å². The molecule has 0 aliphatic heterocycles. The van der Waals surface area contributed by atoms with Crippen molar-refractivity contribution in [2.45, 2.75) is 6.92 Å². The molecule has 0 aliphatic carbocycles. The van der Waals surface area contributed by atoms with Crippen molar-refractivity contribution in [1.82, 2.24) is 9.97 Å². The molecule has 2 heterocycles. The monoisotopic (exact) mass is 341 g/mol. The highest BCUT2D eigenvalue weighted by Gasteiger charge is 2.12. The van der Waals surface area contributed by atoms with Crippen LogP contribution in [0, 0.1) is 17.0 Å². The Kier molecular flexibility index (Phi) is 3.89. The van der Waals surface area contributed by atoms with Crippen molar-refractivity contribution in [1.29, 1.82) is 0 Å². The summed E-state index contributed by atoms with van der Waals surface area (Å²) in [5.41, 5.74) is 3.95. The minimum Gasteiger partial charge on any atom is -0.258 e. The highest BCUT2D eigenvalue weighted by molar-refractivity contribution is 5.84. The number of fused-ring (bicyclic) bond motifs is 1. The molecule has 0 aliphatic rings. The molecule has 4 rings (SSSR count). The van der Waals surface area contributed by atoms with Gasteiger partial charge in [0.15, 0.2) is 0 Å². The first-order valence-electron chi connectivity index (χ1n) is 8.19. The number of pyridine rings is 2. The Balaban J connectivity index is 1.81. The Morgan fingerprint density at radius 3 is 2.42 bits per heavy atom. The van der Waals surface area contributed by atoms with Crippen molar-refractivity contribution < 1.29 is 4.92 Å². The molecule has 2 aromatic carbocycles. The molecule has 126 valence electrons. The summed E-state index contributed by atoms with van der Waals surface area (Å²) in [5, 5.41) is 13.2. The van der Waals surface area contributed by atoms with Gasteiger partial charge in [0, 0.05) is 29.3 Å². The van der Waals surface area contributed by atoms with Crippen LogP contribution in [0.4, 0.5) is 5.69 Å². The van der Waals surface area contributed by atoms with E-state index in [4.69, 9.17) is 4.98 Å². The van der Waals surface area contributed by atoms with E-state index < -0.39 is 4.92 Å². The van der Waals surface area contributed by atoms with Gasteiger partial charge < -0.3 is 0 Å². The molecule has 4 aromatic rings. The average molecular weight is 341 g/mol. The molecule has 5 nitrogen and oxygen atoms in total. The summed E-state index contributed by atoms with van der Waals surface area (Å²) in [6.07, 6.45) is 1.83. The topological polar surface area (TPSA) is 68.9 Å². The Bertz CT molecular complexity index is 1140. The van der Waals surface area contributed by atoms with Crippen LogP contribution in [0.1, 0.15) is 5.56 Å². The molecule has 0 saturated carbocycles. The minimum atomic E-state index is -0.391. The van der Waals surface area contributed by atoms with Crippen molar-refractivity contribution in [3.05, 3.63) is 88.6 Å². The lowest BCUT2D eigenvalue weighted by Crippen LogP contribution is -1.94. The fraction of sp³-hybridized carbons (Fsp3) is 0.0476. The number of aromatic nitrogens is 2. The van der Waals surface area contributed by atoms with Crippen LogP contribution in [0.3, 0.4) is 0 Å². The minimum absolute atomic E-state index is 0.0571. The molecule has 0 spiro atoms. The van der Waals surface area contributed by atoms with Crippen LogP contribution >= 0.6 is 0 Å². The standard InChI is InChI=1S/C21H15N3O2/c1-14-9-10-17(24(25)26)12-18(14)19-7-4-8-20(23-19)21-11-15-5-2-3-6-16(15)13-22-21/h2-13H,1H3. The first kappa shape index (κ1) is 15.9. The molecular formula is C21H15N3O2. The van der Waals surface area contributed by atoms with E-state index in [0.717, 1.165) is 33.3 Å². The largest absolute Gasteiger partial charge is 0.270 e. The lowest BCUT2D eigenvalue weighted by Gasteiger charge is -2.08. The van der Waals surface area contributed by atoms with Crippen molar-refractivity contribution in [2.75, 3.05) is 0 Å². The van der Waals surface area contributed by atoms with E-state index in [0.29, 0.717) is 5.69 Å². The second-order valence-corrected chi connectivity index (χ2v) is 6.08. The first-order valence-corrected chi connectivity index (χ1v) is 8.19. The molecule has 0 unspecified atom stereocenters. The van der Waals surface area contributed by atoms with E-state index in [9.17, 15) is 10.1 Å². The number of nitrogens with zero attached hydrogens (tertiary/aromatic N) is 3. The lowest BCUT2D eigenvalue weighted by atomic mass is 10.0. The lowest BCUT2D eigenvalue weighted by molar-refractivity contribution is -0.384. The van der Waals surface area contributed by atoms with Gasteiger partial charge in [0.05, 0.1) is 22.0 Å². The maximum Gasteiger partial charge on any atom is 0.270 e. The fourth-order valence-corrected chi connectivity index (χ4v) is 2.95. The van der Waals surface area contributed by atoms with E-state index in [-0.39, 0.29) is 5.69 Å². The normalized spacial score (nSPS) is 10.8. The summed E-state index contributed by atoms with van der Waals surface area (Å²) in [6, 6.07) is 20.5. The Morgan fingerprint density at radius 2 is 1.62 bits per heavy atom. The van der Waals surface area contributed by atoms with Gasteiger partial charge in [0.1, 0.15) is 0 Å². The maximum absolute atomic E-state index is 11.1. The number of aryl methyl sites for hydroxylation is 1. The Morgan fingerprint density at radius 1 is 0.846 bits per heavy atom. The van der Waals surface area contributed by atoms with Crippen LogP contribution in [0.5, 0.6) is 0 Å². The molecule has 0 saturated heterocycles. The number of hydrogen-bond acceptors (Lipinski definition) is 4. The second kappa shape index (κ2) is 6.37. The van der Waals surface area contributed by atoms with Gasteiger partial charge in [0.2, 0.25) is 0 Å². The number of non-ortho nitro benzene ring substituents is 1. The summed E-state index contributed by atoms with van der Waals surface area (Å²) in [4.78, 5) is 19.9. The maximum atomic E-state index is 11.1. The zero-order chi connectivity index (χ0) is 18.1. The second-order valence-electron chi connectivity index (χ2n) is 6.08. The van der Waals surface area contributed by atoms with Gasteiger partial charge in [0.25, 0.3) is 5.69 Å². The highest BCUT2D eigenvalue weighted by Crippen LogP contribution is 2.28. The smallest absolute Gasteiger partial charge is 0.258 e. The Hall–Kier alpha value is -3.60. The number of benzene rings is 2. The predicted octanol–water partition coefficient (Wildman–Crippen LogP) is 5.18. The molecule has 0 bridgehead atoms. The van der Waals surface area contributed by atoms with Crippen molar-refractivity contribution in [2.24, 2.45) is 0 Å². The van der Waals surface area contributed by atoms with Crippen LogP contribution in [0.25, 0.3) is 33.4 Å². The van der Waals surface area contributed by atoms with Gasteiger partial charge in [-0.3, -0.25) is 15.1 Å². The van der Waals surface area contributed by atoms with E-state index in [1.807, 2.05) is 61.7 Å². The SMILES string of the molecule is Cc1ccc([N+](=O)[O-])cc1-c1cccc(-c2cc3ccccc3cn2)n1. The predicted molar refractivity (Wildman–Crippen MR) is 102 cm³/mol. The molecule has 0 fully saturated rings. The molecule has 5 heteroatoms. The quantitative estimate of drug-likeness (QED) is 0.380. The van der Waals surface area contributed by atoms with Crippen LogP contribution < -0.4 is 0 Å². The third kappa shape index (κ3) is 2.91. The van der Waals surface area contributed by atoms with Crippen LogP contribution in [0.15, 0.2) is 72.9 Å². The highest BCUT2D eigenvalue weighted by atomic mass is 16.6. The van der Waals surface area contributed by atoms with E-state index in [2.05, 4.69) is 4.98 Å². The van der Waals surface area contributed by atoms with E-state index >= 15 is 0 Å². The van der Waals surface area contributed by atoms with Crippen molar-refractivity contribution >= 4 is 16.5 Å². The van der Waals surface area contributed by atoms with Crippen LogP contribution in [-0.2, 0) is 0 Å². The summed E-state index contributed by atoms with van der Waals surface area (Å²) in [7, 11) is 0. The number of hydrogen-bond donors (Lipinski definition) is 0. The van der Waals surface area contributed by atoms with Gasteiger partial charge in [-0.1, -0.05) is 36.4 Å². The van der Waals surface area contributed by atoms with Gasteiger partial charge >= 0.3 is 0 Å². The molecule has 0 N–H and O–H groups in total. The summed E-state index contributed by atoms with van der Waals surface area (Å²) < 4.78 is 0. The van der Waals surface area contributed by atoms with Gasteiger partial charge in [-0.25, -0.2) is 4.98 Å². The van der Waals surface area contributed by atoms with Crippen LogP contribution in [0.2, 0.25) is 0 Å². The third-order valence-corrected chi connectivity index (χ3v) is 4.35. The molecular weight excluding hydrogens is 326 g/mol. The zero-order valence-corrected chi connectivity index (χ0v) is 14.1. The van der Waals surface area contributed by atoms with E-state index in [1.54, 1.807) is 12.1 Å². The first-order chi connectivity index (χ1) is 12.6. The van der Waals surface area contributed by atoms with Gasteiger partial charge in [-0.2, -0.15) is 0 Å². The molecule has 0 radical (unpaired) electrons. The number of rotatable bonds is 3. The molecule has 26 heavy (non-hydrogen) atoms. The summed E-state index contributed by atoms with van der Waals surface area (Å²) >= 11 is 0. The van der Waals surface area contributed by atoms with Gasteiger partial charge in [-0.15, -0.1) is 0 Å². The fourth-order valence-electron chi connectivity index (χ4n) is 2.95. The average Bonchev–Trinajstić information content (AvgIpc) is 2.68. The summed E-state index contributed by atoms with van der Waals surface area (Å²) in [5.74, 6) is 0. The van der Waals surface area contributed by atoms with Crippen molar-refractivity contribution in [3.63, 3.8) is 0 Å². The molecule has 2 aromatic heterocycles. The zero-order valence-electron chi connectivity index (χ0n) is 14.1. The summed E-state index contributed by atoms with van der Waals surface area (Å²) in [6.45, 7) is 1.92. The van der Waals surface area contributed by atoms with E-state index in [1.165, 1.54) is 6.07 Å². The molecule has 0 amide bonds. The number of nitro benzene ring substituents is 1. The van der Waals surface area contributed by atoms with Crippen LogP contribution in [-0.4, -0.2) is 14.9 Å². The number of nitro groups is 1. The van der Waals surface area contributed by atoms with Crippen molar-refractivity contribution in [3.8, 4) is 22.6 Å². The molecule has 0 atom stereocenters. The third-order valence-electron chi connectivity index (χ3n) is 4.35.